The SMILES string of the molecule is CCc1ccccc1-c1c(CC)cc(-c2c3ccccc3c(-c3ccc4oc5c(ccc6c7ccccc7c7ccccc7c65)c4c3)c3ccccc23)c2ccccc12. The van der Waals surface area contributed by atoms with Crippen molar-refractivity contribution in [2.45, 2.75) is 26.7 Å². The molecule has 0 atom stereocenters. The molecule has 59 heavy (non-hydrogen) atoms. The van der Waals surface area contributed by atoms with Crippen molar-refractivity contribution >= 4 is 86.6 Å². The lowest BCUT2D eigenvalue weighted by Crippen LogP contribution is -1.97. The third-order valence-corrected chi connectivity index (χ3v) is 13.0. The molecule has 1 heterocycles. The molecule has 0 saturated carbocycles. The summed E-state index contributed by atoms with van der Waals surface area (Å²) >= 11 is 0. The summed E-state index contributed by atoms with van der Waals surface area (Å²) in [6, 6.07) is 67.5. The lowest BCUT2D eigenvalue weighted by Gasteiger charge is -2.22. The largest absolute Gasteiger partial charge is 0.455 e. The van der Waals surface area contributed by atoms with Gasteiger partial charge in [0.25, 0.3) is 0 Å². The summed E-state index contributed by atoms with van der Waals surface area (Å²) in [5, 5.41) is 17.3. The average molecular weight is 753 g/mol. The van der Waals surface area contributed by atoms with Crippen LogP contribution in [0.1, 0.15) is 25.0 Å². The molecular formula is C58H40O. The molecule has 0 fully saturated rings. The smallest absolute Gasteiger partial charge is 0.143 e. The fourth-order valence-electron chi connectivity index (χ4n) is 10.4. The molecule has 0 aliphatic rings. The van der Waals surface area contributed by atoms with E-state index < -0.39 is 0 Å². The highest BCUT2D eigenvalue weighted by Gasteiger charge is 2.22. The molecule has 1 heteroatoms. The van der Waals surface area contributed by atoms with Gasteiger partial charge in [-0.2, -0.15) is 0 Å². The number of hydrogen-bond donors (Lipinski definition) is 0. The maximum Gasteiger partial charge on any atom is 0.143 e. The van der Waals surface area contributed by atoms with Gasteiger partial charge in [-0.15, -0.1) is 0 Å². The maximum absolute atomic E-state index is 6.88. The fourth-order valence-corrected chi connectivity index (χ4v) is 10.4. The van der Waals surface area contributed by atoms with Crippen molar-refractivity contribution in [3.05, 3.63) is 193 Å². The van der Waals surface area contributed by atoms with E-state index in [4.69, 9.17) is 4.42 Å². The molecule has 1 nitrogen and oxygen atoms in total. The van der Waals surface area contributed by atoms with Gasteiger partial charge in [0.1, 0.15) is 11.2 Å². The Hall–Kier alpha value is -7.22. The van der Waals surface area contributed by atoms with Crippen LogP contribution >= 0.6 is 0 Å². The normalized spacial score (nSPS) is 12.0. The van der Waals surface area contributed by atoms with Crippen LogP contribution in [-0.2, 0) is 12.8 Å². The van der Waals surface area contributed by atoms with Crippen molar-refractivity contribution in [1.82, 2.24) is 0 Å². The van der Waals surface area contributed by atoms with Gasteiger partial charge in [-0.1, -0.05) is 172 Å². The second kappa shape index (κ2) is 13.2. The molecule has 0 saturated heterocycles. The molecule has 0 N–H and O–H groups in total. The summed E-state index contributed by atoms with van der Waals surface area (Å²) in [6.07, 6.45) is 1.94. The molecule has 0 amide bonds. The lowest BCUT2D eigenvalue weighted by molar-refractivity contribution is 0.673. The highest BCUT2D eigenvalue weighted by Crippen LogP contribution is 2.49. The second-order valence-corrected chi connectivity index (χ2v) is 16.0. The van der Waals surface area contributed by atoms with E-state index >= 15 is 0 Å². The molecule has 0 unspecified atom stereocenters. The second-order valence-electron chi connectivity index (χ2n) is 16.0. The number of rotatable bonds is 5. The minimum atomic E-state index is 0.905. The zero-order valence-corrected chi connectivity index (χ0v) is 33.1. The van der Waals surface area contributed by atoms with Crippen LogP contribution in [0, 0.1) is 0 Å². The quantitative estimate of drug-likeness (QED) is 0.126. The van der Waals surface area contributed by atoms with Crippen LogP contribution in [0.15, 0.2) is 186 Å². The Labute approximate surface area is 342 Å². The van der Waals surface area contributed by atoms with Gasteiger partial charge in [-0.25, -0.2) is 0 Å². The molecule has 278 valence electrons. The zero-order chi connectivity index (χ0) is 39.2. The highest BCUT2D eigenvalue weighted by atomic mass is 16.3. The number of furan rings is 1. The van der Waals surface area contributed by atoms with Gasteiger partial charge < -0.3 is 4.42 Å². The Balaban J connectivity index is 1.14. The molecule has 11 aromatic carbocycles. The van der Waals surface area contributed by atoms with Crippen LogP contribution in [0.25, 0.3) is 120 Å². The Bertz CT molecular complexity index is 3600. The fraction of sp³-hybridized carbons (Fsp3) is 0.0690. The molecule has 0 aliphatic carbocycles. The van der Waals surface area contributed by atoms with Crippen molar-refractivity contribution < 1.29 is 4.42 Å². The molecule has 12 rings (SSSR count). The topological polar surface area (TPSA) is 13.1 Å². The first-order chi connectivity index (χ1) is 29.2. The Morgan fingerprint density at radius 1 is 0.322 bits per heavy atom. The Morgan fingerprint density at radius 3 is 1.42 bits per heavy atom. The van der Waals surface area contributed by atoms with Crippen LogP contribution in [0.4, 0.5) is 0 Å². The van der Waals surface area contributed by atoms with Crippen molar-refractivity contribution in [2.24, 2.45) is 0 Å². The van der Waals surface area contributed by atoms with Crippen LogP contribution in [0.2, 0.25) is 0 Å². The van der Waals surface area contributed by atoms with E-state index in [-0.39, 0.29) is 0 Å². The first-order valence-corrected chi connectivity index (χ1v) is 21.0. The van der Waals surface area contributed by atoms with E-state index in [0.29, 0.717) is 0 Å². The minimum Gasteiger partial charge on any atom is -0.455 e. The summed E-state index contributed by atoms with van der Waals surface area (Å²) < 4.78 is 6.88. The molecular weight excluding hydrogens is 713 g/mol. The van der Waals surface area contributed by atoms with Gasteiger partial charge in [0.05, 0.1) is 0 Å². The van der Waals surface area contributed by atoms with E-state index in [1.54, 1.807) is 0 Å². The van der Waals surface area contributed by atoms with E-state index in [9.17, 15) is 0 Å². The molecule has 0 aliphatic heterocycles. The summed E-state index contributed by atoms with van der Waals surface area (Å²) in [6.45, 7) is 4.56. The first-order valence-electron chi connectivity index (χ1n) is 21.0. The van der Waals surface area contributed by atoms with Crippen molar-refractivity contribution in [3.63, 3.8) is 0 Å². The van der Waals surface area contributed by atoms with Gasteiger partial charge in [0.2, 0.25) is 0 Å². The van der Waals surface area contributed by atoms with Gasteiger partial charge in [-0.3, -0.25) is 0 Å². The van der Waals surface area contributed by atoms with Gasteiger partial charge in [0.15, 0.2) is 0 Å². The number of hydrogen-bond acceptors (Lipinski definition) is 1. The van der Waals surface area contributed by atoms with Gasteiger partial charge in [0, 0.05) is 16.2 Å². The van der Waals surface area contributed by atoms with Crippen molar-refractivity contribution in [1.29, 1.82) is 0 Å². The molecule has 1 aromatic heterocycles. The number of benzene rings is 11. The molecule has 0 spiro atoms. The van der Waals surface area contributed by atoms with E-state index in [0.717, 1.165) is 34.8 Å². The summed E-state index contributed by atoms with van der Waals surface area (Å²) in [5.41, 5.74) is 12.3. The zero-order valence-electron chi connectivity index (χ0n) is 33.1. The summed E-state index contributed by atoms with van der Waals surface area (Å²) in [4.78, 5) is 0. The van der Waals surface area contributed by atoms with Crippen LogP contribution < -0.4 is 0 Å². The Kier molecular flexibility index (Phi) is 7.56. The van der Waals surface area contributed by atoms with Crippen LogP contribution in [0.3, 0.4) is 0 Å². The summed E-state index contributed by atoms with van der Waals surface area (Å²) in [7, 11) is 0. The predicted molar refractivity (Wildman–Crippen MR) is 254 cm³/mol. The van der Waals surface area contributed by atoms with Crippen LogP contribution in [0.5, 0.6) is 0 Å². The minimum absolute atomic E-state index is 0.905. The maximum atomic E-state index is 6.88. The van der Waals surface area contributed by atoms with E-state index in [1.165, 1.54) is 109 Å². The predicted octanol–water partition coefficient (Wildman–Crippen LogP) is 16.6. The van der Waals surface area contributed by atoms with E-state index in [2.05, 4.69) is 196 Å². The molecule has 0 radical (unpaired) electrons. The third kappa shape index (κ3) is 4.92. The number of aryl methyl sites for hydroxylation is 2. The average Bonchev–Trinajstić information content (AvgIpc) is 3.68. The lowest BCUT2D eigenvalue weighted by atomic mass is 9.81. The van der Waals surface area contributed by atoms with Gasteiger partial charge >= 0.3 is 0 Å². The molecule has 12 aromatic rings. The van der Waals surface area contributed by atoms with Crippen LogP contribution in [-0.4, -0.2) is 0 Å². The van der Waals surface area contributed by atoms with Crippen molar-refractivity contribution in [2.75, 3.05) is 0 Å². The monoisotopic (exact) mass is 752 g/mol. The Morgan fingerprint density at radius 2 is 0.797 bits per heavy atom. The highest BCUT2D eigenvalue weighted by molar-refractivity contribution is 6.32. The van der Waals surface area contributed by atoms with Gasteiger partial charge in [-0.05, 0) is 141 Å². The summed E-state index contributed by atoms with van der Waals surface area (Å²) in [5.74, 6) is 0. The first kappa shape index (κ1) is 33.9. The van der Waals surface area contributed by atoms with E-state index in [1.807, 2.05) is 0 Å². The standard InChI is InChI=1S/C58H40O/c1-3-35-17-5-6-18-38(35)54-36(4-2)33-52(42-22-10-11-23-43(42)54)56-47-27-15-13-25-45(47)55(46-26-14-16-28-48(46)56)37-29-32-53-51(34-37)50-31-30-49-41-21-8-7-19-39(41)40-20-9-12-24-44(40)57(49)58(50)59-53/h5-34H,3-4H2,1-2H3. The number of fused-ring (bicyclic) bond motifs is 13. The molecule has 0 bridgehead atoms. The third-order valence-electron chi connectivity index (χ3n) is 13.0. The van der Waals surface area contributed by atoms with Crippen molar-refractivity contribution in [3.8, 4) is 33.4 Å².